The van der Waals surface area contributed by atoms with Crippen molar-refractivity contribution in [1.82, 2.24) is 10.3 Å². The number of carbonyl (C=O) groups excluding carboxylic acids is 1. The van der Waals surface area contributed by atoms with Gasteiger partial charge in [-0.05, 0) is 43.5 Å². The van der Waals surface area contributed by atoms with Crippen LogP contribution in [-0.4, -0.2) is 51.9 Å². The van der Waals surface area contributed by atoms with E-state index in [1.807, 2.05) is 13.8 Å². The number of hydrogen-bond acceptors (Lipinski definition) is 6. The topological polar surface area (TPSA) is 101 Å². The number of ether oxygens (including phenoxy) is 1. The monoisotopic (exact) mass is 540 g/mol. The molecule has 0 bridgehead atoms. The summed E-state index contributed by atoms with van der Waals surface area (Å²) in [6, 6.07) is 7.28. The minimum atomic E-state index is -4.57. The first-order chi connectivity index (χ1) is 17.2. The fraction of sp³-hybridized carbons (Fsp3) is 0.520. The number of rotatable bonds is 7. The van der Waals surface area contributed by atoms with E-state index in [2.05, 4.69) is 15.0 Å². The number of hydrogen-bond donors (Lipinski definition) is 2. The first kappa shape index (κ1) is 27.2. The van der Waals surface area contributed by atoms with Gasteiger partial charge in [-0.3, -0.25) is 9.52 Å². The van der Waals surface area contributed by atoms with Gasteiger partial charge < -0.3 is 15.0 Å². The molecule has 1 saturated heterocycles. The lowest BCUT2D eigenvalue weighted by Gasteiger charge is -2.31. The van der Waals surface area contributed by atoms with E-state index < -0.39 is 33.2 Å². The summed E-state index contributed by atoms with van der Waals surface area (Å²) in [6.07, 6.45) is -3.00. The molecule has 37 heavy (non-hydrogen) atoms. The molecule has 1 aromatic carbocycles. The predicted octanol–water partition coefficient (Wildman–Crippen LogP) is 3.77. The number of nitrogens with one attached hydrogen (secondary N) is 2. The summed E-state index contributed by atoms with van der Waals surface area (Å²) in [6.45, 7) is 7.12. The third-order valence-corrected chi connectivity index (χ3v) is 7.64. The van der Waals surface area contributed by atoms with E-state index in [9.17, 15) is 26.4 Å². The fourth-order valence-corrected chi connectivity index (χ4v) is 5.41. The average molecular weight is 541 g/mol. The molecule has 3 atom stereocenters. The highest BCUT2D eigenvalue weighted by atomic mass is 32.2. The molecule has 0 radical (unpaired) electrons. The van der Waals surface area contributed by atoms with Gasteiger partial charge in [0.25, 0.3) is 0 Å². The second kappa shape index (κ2) is 9.79. The van der Waals surface area contributed by atoms with Crippen molar-refractivity contribution < 1.29 is 31.1 Å². The van der Waals surface area contributed by atoms with Gasteiger partial charge in [0.2, 0.25) is 15.9 Å². The Labute approximate surface area is 214 Å². The standard InChI is InChI=1S/C25H31F3N4O4S/c1-15-13-17(5-7-20(15)31-37(4,34)35)16(2)29-23(33)19-14-24(19,3)18-6-8-21(25(26,27)28)30-22(18)32-9-11-36-12-10-32/h5-8,13,16,19,31H,9-12,14H2,1-4H3,(H,29,33)/t16?,19-,24?/m0/s1. The summed E-state index contributed by atoms with van der Waals surface area (Å²) < 4.78 is 71.1. The van der Waals surface area contributed by atoms with Gasteiger partial charge in [-0.1, -0.05) is 25.1 Å². The molecule has 2 fully saturated rings. The zero-order valence-corrected chi connectivity index (χ0v) is 22.0. The summed E-state index contributed by atoms with van der Waals surface area (Å²) in [5.74, 6) is -0.354. The quantitative estimate of drug-likeness (QED) is 0.555. The lowest BCUT2D eigenvalue weighted by atomic mass is 9.94. The van der Waals surface area contributed by atoms with Crippen LogP contribution >= 0.6 is 0 Å². The number of halogens is 3. The molecule has 8 nitrogen and oxygen atoms in total. The molecular weight excluding hydrogens is 509 g/mol. The number of benzene rings is 1. The molecule has 2 heterocycles. The van der Waals surface area contributed by atoms with E-state index in [-0.39, 0.29) is 17.8 Å². The number of nitrogens with zero attached hydrogens (tertiary/aromatic N) is 2. The Morgan fingerprint density at radius 3 is 2.49 bits per heavy atom. The Bertz CT molecular complexity index is 1300. The zero-order valence-electron chi connectivity index (χ0n) is 21.1. The van der Waals surface area contributed by atoms with Crippen molar-refractivity contribution in [2.75, 3.05) is 42.2 Å². The molecule has 1 saturated carbocycles. The minimum Gasteiger partial charge on any atom is -0.378 e. The predicted molar refractivity (Wildman–Crippen MR) is 134 cm³/mol. The van der Waals surface area contributed by atoms with Gasteiger partial charge in [0.05, 0.1) is 31.2 Å². The molecule has 4 rings (SSSR count). The van der Waals surface area contributed by atoms with Crippen LogP contribution in [0.25, 0.3) is 0 Å². The second-order valence-corrected chi connectivity index (χ2v) is 11.8. The number of aromatic nitrogens is 1. The number of sulfonamides is 1. The molecule has 12 heteroatoms. The summed E-state index contributed by atoms with van der Waals surface area (Å²) in [4.78, 5) is 19.0. The Kier molecular flexibility index (Phi) is 7.19. The van der Waals surface area contributed by atoms with Gasteiger partial charge in [-0.15, -0.1) is 0 Å². The molecule has 1 amide bonds. The number of carbonyl (C=O) groups is 1. The average Bonchev–Trinajstić information content (AvgIpc) is 3.52. The van der Waals surface area contributed by atoms with E-state index in [1.54, 1.807) is 30.0 Å². The highest BCUT2D eigenvalue weighted by molar-refractivity contribution is 7.92. The molecule has 2 unspecified atom stereocenters. The normalized spacial score (nSPS) is 22.9. The van der Waals surface area contributed by atoms with Gasteiger partial charge in [-0.2, -0.15) is 13.2 Å². The molecule has 2 N–H and O–H groups in total. The fourth-order valence-electron chi connectivity index (χ4n) is 4.78. The maximum absolute atomic E-state index is 13.4. The van der Waals surface area contributed by atoms with Gasteiger partial charge in [-0.25, -0.2) is 13.4 Å². The van der Waals surface area contributed by atoms with E-state index in [0.29, 0.717) is 49.5 Å². The van der Waals surface area contributed by atoms with Crippen molar-refractivity contribution >= 4 is 27.4 Å². The highest BCUT2D eigenvalue weighted by Crippen LogP contribution is 2.56. The number of anilines is 2. The number of pyridine rings is 1. The van der Waals surface area contributed by atoms with Crippen LogP contribution in [0.1, 0.15) is 48.7 Å². The first-order valence-corrected chi connectivity index (χ1v) is 13.9. The largest absolute Gasteiger partial charge is 0.433 e. The van der Waals surface area contributed by atoms with Gasteiger partial charge in [0.1, 0.15) is 11.5 Å². The van der Waals surface area contributed by atoms with Gasteiger partial charge in [0, 0.05) is 30.0 Å². The number of amides is 1. The number of alkyl halides is 3. The third kappa shape index (κ3) is 6.01. The Balaban J connectivity index is 1.52. The Hall–Kier alpha value is -2.86. The van der Waals surface area contributed by atoms with Crippen molar-refractivity contribution in [3.63, 3.8) is 0 Å². The molecule has 0 spiro atoms. The van der Waals surface area contributed by atoms with Crippen LogP contribution in [-0.2, 0) is 31.1 Å². The summed E-state index contributed by atoms with van der Waals surface area (Å²) in [5.41, 5.74) is 1.00. The first-order valence-electron chi connectivity index (χ1n) is 12.0. The lowest BCUT2D eigenvalue weighted by molar-refractivity contribution is -0.141. The van der Waals surface area contributed by atoms with Gasteiger partial charge >= 0.3 is 6.18 Å². The lowest BCUT2D eigenvalue weighted by Crippen LogP contribution is -2.38. The van der Waals surface area contributed by atoms with Crippen LogP contribution in [0.4, 0.5) is 24.7 Å². The van der Waals surface area contributed by atoms with Crippen molar-refractivity contribution in [1.29, 1.82) is 0 Å². The van der Waals surface area contributed by atoms with Gasteiger partial charge in [0.15, 0.2) is 0 Å². The second-order valence-electron chi connectivity index (χ2n) is 10.0. The van der Waals surface area contributed by atoms with Crippen molar-refractivity contribution in [2.24, 2.45) is 5.92 Å². The third-order valence-electron chi connectivity index (χ3n) is 7.05. The Morgan fingerprint density at radius 2 is 1.89 bits per heavy atom. The van der Waals surface area contributed by atoms with E-state index >= 15 is 0 Å². The Morgan fingerprint density at radius 1 is 1.22 bits per heavy atom. The molecule has 1 aromatic heterocycles. The molecular formula is C25H31F3N4O4S. The van der Waals surface area contributed by atoms with Crippen LogP contribution < -0.4 is 14.9 Å². The summed E-state index contributed by atoms with van der Waals surface area (Å²) in [5, 5.41) is 3.00. The highest BCUT2D eigenvalue weighted by Gasteiger charge is 2.57. The molecule has 1 aliphatic carbocycles. The van der Waals surface area contributed by atoms with Crippen molar-refractivity contribution in [3.8, 4) is 0 Å². The maximum atomic E-state index is 13.4. The molecule has 202 valence electrons. The molecule has 2 aromatic rings. The minimum absolute atomic E-state index is 0.196. The van der Waals surface area contributed by atoms with Crippen LogP contribution in [0.3, 0.4) is 0 Å². The van der Waals surface area contributed by atoms with E-state index in [4.69, 9.17) is 4.74 Å². The SMILES string of the molecule is Cc1cc(C(C)NC(=O)[C@@H]2CC2(C)c2ccc(C(F)(F)F)nc2N2CCOCC2)ccc1NS(C)(=O)=O. The molecule has 2 aliphatic rings. The van der Waals surface area contributed by atoms with Crippen LogP contribution in [0.5, 0.6) is 0 Å². The summed E-state index contributed by atoms with van der Waals surface area (Å²) >= 11 is 0. The van der Waals surface area contributed by atoms with Crippen LogP contribution in [0.15, 0.2) is 30.3 Å². The number of aryl methyl sites for hydroxylation is 1. The van der Waals surface area contributed by atoms with E-state index in [1.165, 1.54) is 6.07 Å². The smallest absolute Gasteiger partial charge is 0.378 e. The maximum Gasteiger partial charge on any atom is 0.433 e. The molecule has 1 aliphatic heterocycles. The van der Waals surface area contributed by atoms with Crippen LogP contribution in [0.2, 0.25) is 0 Å². The van der Waals surface area contributed by atoms with Crippen molar-refractivity contribution in [2.45, 2.75) is 44.8 Å². The van der Waals surface area contributed by atoms with E-state index in [0.717, 1.165) is 17.9 Å². The number of morpholine rings is 1. The zero-order chi connectivity index (χ0) is 27.2. The van der Waals surface area contributed by atoms with Crippen molar-refractivity contribution in [3.05, 3.63) is 52.7 Å². The van der Waals surface area contributed by atoms with Crippen LogP contribution in [0, 0.1) is 12.8 Å². The summed E-state index contributed by atoms with van der Waals surface area (Å²) in [7, 11) is -3.41.